The molecule has 0 bridgehead atoms. The number of nitrogens with two attached hydrogens (primary N) is 1. The van der Waals surface area contributed by atoms with E-state index in [0.29, 0.717) is 35.2 Å². The summed E-state index contributed by atoms with van der Waals surface area (Å²) >= 11 is 6.29. The van der Waals surface area contributed by atoms with Gasteiger partial charge in [0, 0.05) is 35.1 Å². The Bertz CT molecular complexity index is 1080. The second-order valence-electron chi connectivity index (χ2n) is 6.60. The molecule has 3 rings (SSSR count). The van der Waals surface area contributed by atoms with Crippen molar-refractivity contribution in [1.82, 2.24) is 9.97 Å². The first kappa shape index (κ1) is 21.2. The first-order chi connectivity index (χ1) is 14.5. The van der Waals surface area contributed by atoms with E-state index in [1.54, 1.807) is 18.3 Å². The Kier molecular flexibility index (Phi) is 6.92. The van der Waals surface area contributed by atoms with Crippen LogP contribution in [-0.4, -0.2) is 15.8 Å². The monoisotopic (exact) mass is 423 g/mol. The van der Waals surface area contributed by atoms with Gasteiger partial charge in [-0.3, -0.25) is 4.98 Å². The van der Waals surface area contributed by atoms with Gasteiger partial charge in [-0.25, -0.2) is 10.5 Å². The van der Waals surface area contributed by atoms with Gasteiger partial charge >= 0.3 is 0 Å². The summed E-state index contributed by atoms with van der Waals surface area (Å²) in [6, 6.07) is 13.0. The number of nitrogens with one attached hydrogen (secondary N) is 2. The third-order valence-electron chi connectivity index (χ3n) is 4.35. The fourth-order valence-corrected chi connectivity index (χ4v) is 3.05. The van der Waals surface area contributed by atoms with Crippen LogP contribution in [0.25, 0.3) is 0 Å². The highest BCUT2D eigenvalue weighted by Gasteiger charge is 2.08. The average Bonchev–Trinajstić information content (AvgIpc) is 2.73. The van der Waals surface area contributed by atoms with Crippen molar-refractivity contribution in [3.05, 3.63) is 70.6 Å². The fourth-order valence-electron chi connectivity index (χ4n) is 2.84. The highest BCUT2D eigenvalue weighted by atomic mass is 35.5. The van der Waals surface area contributed by atoms with E-state index in [1.807, 2.05) is 44.2 Å². The van der Waals surface area contributed by atoms with Crippen LogP contribution in [0.5, 0.6) is 11.5 Å². The number of ether oxygens (including phenoxy) is 1. The number of hydrogen-bond donors (Lipinski definition) is 3. The summed E-state index contributed by atoms with van der Waals surface area (Å²) in [5, 5.41) is 10.6. The number of anilines is 2. The van der Waals surface area contributed by atoms with Crippen molar-refractivity contribution in [3.8, 4) is 11.5 Å². The van der Waals surface area contributed by atoms with Gasteiger partial charge in [0.1, 0.15) is 17.3 Å². The Labute approximate surface area is 179 Å². The van der Waals surface area contributed by atoms with Crippen molar-refractivity contribution in [3.63, 3.8) is 0 Å². The van der Waals surface area contributed by atoms with E-state index in [4.69, 9.17) is 27.7 Å². The minimum Gasteiger partial charge on any atom is -0.455 e. The second kappa shape index (κ2) is 9.80. The van der Waals surface area contributed by atoms with Gasteiger partial charge in [0.05, 0.1) is 5.69 Å². The predicted molar refractivity (Wildman–Crippen MR) is 118 cm³/mol. The Morgan fingerprint density at radius 1 is 1.20 bits per heavy atom. The van der Waals surface area contributed by atoms with Gasteiger partial charge in [0.15, 0.2) is 5.84 Å². The van der Waals surface area contributed by atoms with Crippen molar-refractivity contribution in [2.45, 2.75) is 26.7 Å². The molecule has 0 aliphatic rings. The van der Waals surface area contributed by atoms with E-state index in [2.05, 4.69) is 25.5 Å². The molecule has 0 aliphatic carbocycles. The third kappa shape index (κ3) is 5.51. The number of benzene rings is 1. The predicted octanol–water partition coefficient (Wildman–Crippen LogP) is 5.52. The summed E-state index contributed by atoms with van der Waals surface area (Å²) in [5.74, 6) is 7.45. The lowest BCUT2D eigenvalue weighted by atomic mass is 10.1. The number of hydrazone groups is 1. The summed E-state index contributed by atoms with van der Waals surface area (Å²) < 4.78 is 5.96. The molecule has 1 aromatic carbocycles. The second-order valence-corrected chi connectivity index (χ2v) is 7.01. The molecule has 0 amide bonds. The van der Waals surface area contributed by atoms with Gasteiger partial charge in [-0.15, -0.1) is 5.11 Å². The van der Waals surface area contributed by atoms with E-state index in [0.717, 1.165) is 22.6 Å². The maximum atomic E-state index is 7.04. The normalized spacial score (nSPS) is 11.2. The molecule has 0 spiro atoms. The largest absolute Gasteiger partial charge is 0.455 e. The maximum absolute atomic E-state index is 7.04. The zero-order valence-corrected chi connectivity index (χ0v) is 17.4. The molecule has 4 N–H and O–H groups in total. The van der Waals surface area contributed by atoms with Crippen LogP contribution in [0.3, 0.4) is 0 Å². The molecular weight excluding hydrogens is 402 g/mol. The molecule has 2 aromatic heterocycles. The SMILES string of the molecule is Cc1ccc(Oc2ccnc(Nc3ccc(Cl)c(CCC(N=N)=NN)c3)c2)c(C)n1. The number of pyridine rings is 2. The molecule has 0 saturated carbocycles. The smallest absolute Gasteiger partial charge is 0.170 e. The topological polar surface area (TPSA) is 122 Å². The molecule has 0 saturated heterocycles. The summed E-state index contributed by atoms with van der Waals surface area (Å²) in [6.07, 6.45) is 2.66. The van der Waals surface area contributed by atoms with E-state index in [1.165, 1.54) is 0 Å². The summed E-state index contributed by atoms with van der Waals surface area (Å²) in [5.41, 5.74) is 10.5. The zero-order valence-electron chi connectivity index (χ0n) is 16.7. The third-order valence-corrected chi connectivity index (χ3v) is 4.72. The maximum Gasteiger partial charge on any atom is 0.170 e. The minimum absolute atomic E-state index is 0.261. The quantitative estimate of drug-likeness (QED) is 0.152. The molecule has 0 aliphatic heterocycles. The van der Waals surface area contributed by atoms with Gasteiger partial charge in [-0.1, -0.05) is 11.6 Å². The van der Waals surface area contributed by atoms with Gasteiger partial charge in [-0.2, -0.15) is 5.10 Å². The Balaban J connectivity index is 1.74. The van der Waals surface area contributed by atoms with E-state index >= 15 is 0 Å². The number of hydrogen-bond acceptors (Lipinski definition) is 7. The van der Waals surface area contributed by atoms with Crippen LogP contribution < -0.4 is 15.9 Å². The van der Waals surface area contributed by atoms with Crippen molar-refractivity contribution in [2.75, 3.05) is 5.32 Å². The highest BCUT2D eigenvalue weighted by Crippen LogP contribution is 2.28. The first-order valence-corrected chi connectivity index (χ1v) is 9.64. The molecule has 0 atom stereocenters. The molecule has 2 heterocycles. The van der Waals surface area contributed by atoms with Crippen molar-refractivity contribution < 1.29 is 4.74 Å². The summed E-state index contributed by atoms with van der Waals surface area (Å²) in [6.45, 7) is 3.85. The van der Waals surface area contributed by atoms with Crippen LogP contribution >= 0.6 is 11.6 Å². The lowest BCUT2D eigenvalue weighted by Crippen LogP contribution is -2.01. The highest BCUT2D eigenvalue weighted by molar-refractivity contribution is 6.31. The van der Waals surface area contributed by atoms with Crippen LogP contribution in [0.4, 0.5) is 11.5 Å². The van der Waals surface area contributed by atoms with Crippen molar-refractivity contribution >= 4 is 28.9 Å². The van der Waals surface area contributed by atoms with Crippen molar-refractivity contribution in [1.29, 1.82) is 5.53 Å². The average molecular weight is 424 g/mol. The van der Waals surface area contributed by atoms with Crippen LogP contribution in [-0.2, 0) is 6.42 Å². The first-order valence-electron chi connectivity index (χ1n) is 9.26. The van der Waals surface area contributed by atoms with E-state index in [-0.39, 0.29) is 5.84 Å². The lowest BCUT2D eigenvalue weighted by Gasteiger charge is -2.12. The van der Waals surface area contributed by atoms with E-state index < -0.39 is 0 Å². The Hall–Kier alpha value is -3.52. The minimum atomic E-state index is 0.261. The van der Waals surface area contributed by atoms with Gasteiger partial charge in [0.25, 0.3) is 0 Å². The van der Waals surface area contributed by atoms with Gasteiger partial charge in [-0.05, 0) is 62.2 Å². The molecule has 0 unspecified atom stereocenters. The summed E-state index contributed by atoms with van der Waals surface area (Å²) in [4.78, 5) is 8.77. The van der Waals surface area contributed by atoms with E-state index in [9.17, 15) is 0 Å². The van der Waals surface area contributed by atoms with Crippen LogP contribution in [0.2, 0.25) is 5.02 Å². The Morgan fingerprint density at radius 3 is 2.77 bits per heavy atom. The molecule has 9 heteroatoms. The van der Waals surface area contributed by atoms with Gasteiger partial charge < -0.3 is 15.9 Å². The van der Waals surface area contributed by atoms with Crippen molar-refractivity contribution in [2.24, 2.45) is 16.1 Å². The van der Waals surface area contributed by atoms with Crippen LogP contribution in [0, 0.1) is 19.4 Å². The zero-order chi connectivity index (χ0) is 21.5. The van der Waals surface area contributed by atoms with Crippen LogP contribution in [0.1, 0.15) is 23.4 Å². The number of aromatic nitrogens is 2. The molecule has 30 heavy (non-hydrogen) atoms. The standard InChI is InChI=1S/C21H22ClN7O/c1-13-3-7-19(14(2)26-13)30-17-9-10-25-21(12-17)27-16-5-6-18(22)15(11-16)4-8-20(28-23)29-24/h3,5-7,9-12,23H,4,8,24H2,1-2H3,(H,25,27). The molecule has 3 aromatic rings. The summed E-state index contributed by atoms with van der Waals surface area (Å²) in [7, 11) is 0. The number of halogens is 1. The molecule has 8 nitrogen and oxygen atoms in total. The lowest BCUT2D eigenvalue weighted by molar-refractivity contribution is 0.475. The molecule has 154 valence electrons. The Morgan fingerprint density at radius 2 is 2.03 bits per heavy atom. The van der Waals surface area contributed by atoms with Crippen LogP contribution in [0.15, 0.2) is 58.9 Å². The fraction of sp³-hybridized carbons (Fsp3) is 0.190. The number of rotatable bonds is 7. The molecule has 0 fully saturated rings. The molecule has 0 radical (unpaired) electrons. The van der Waals surface area contributed by atoms with Gasteiger partial charge in [0.2, 0.25) is 0 Å². The number of nitrogens with zero attached hydrogens (tertiary/aromatic N) is 4. The molecular formula is C21H22ClN7O. The number of aryl methyl sites for hydroxylation is 3. The number of amidine groups is 1.